The average Bonchev–Trinajstić information content (AvgIpc) is 2.37. The summed E-state index contributed by atoms with van der Waals surface area (Å²) in [5.41, 5.74) is 1.25. The van der Waals surface area contributed by atoms with Crippen molar-refractivity contribution in [2.75, 3.05) is 5.32 Å². The third-order valence-electron chi connectivity index (χ3n) is 2.69. The first kappa shape index (κ1) is 15.5. The normalized spacial score (nSPS) is 12.2. The molecule has 0 saturated carbocycles. The van der Waals surface area contributed by atoms with Crippen LogP contribution in [0.25, 0.3) is 0 Å². The Labute approximate surface area is 129 Å². The molecule has 21 heavy (non-hydrogen) atoms. The zero-order valence-electron chi connectivity index (χ0n) is 12.4. The Balaban J connectivity index is 2.03. The van der Waals surface area contributed by atoms with E-state index in [1.54, 1.807) is 0 Å². The molecule has 0 fully saturated rings. The molecule has 0 saturated heterocycles. The van der Waals surface area contributed by atoms with Crippen LogP contribution in [-0.4, -0.2) is 27.1 Å². The zero-order chi connectivity index (χ0) is 15.2. The first-order valence-electron chi connectivity index (χ1n) is 6.91. The maximum atomic E-state index is 5.89. The lowest BCUT2D eigenvalue weighted by Crippen LogP contribution is -2.20. The fourth-order valence-electron chi connectivity index (χ4n) is 1.90. The molecule has 0 bridgehead atoms. The molecule has 0 spiro atoms. The second kappa shape index (κ2) is 7.22. The van der Waals surface area contributed by atoms with E-state index in [-0.39, 0.29) is 23.4 Å². The average molecular weight is 307 g/mol. The molecular formula is C15H19ClN4O. The predicted molar refractivity (Wildman–Crippen MR) is 83.8 cm³/mol. The van der Waals surface area contributed by atoms with E-state index in [1.165, 1.54) is 5.56 Å². The zero-order valence-corrected chi connectivity index (χ0v) is 13.1. The van der Waals surface area contributed by atoms with E-state index in [4.69, 9.17) is 16.3 Å². The number of hydrogen-bond donors (Lipinski definition) is 1. The van der Waals surface area contributed by atoms with Crippen molar-refractivity contribution in [3.63, 3.8) is 0 Å². The second-order valence-corrected chi connectivity index (χ2v) is 5.45. The van der Waals surface area contributed by atoms with E-state index in [0.29, 0.717) is 5.95 Å². The molecule has 1 unspecified atom stereocenters. The number of anilines is 1. The van der Waals surface area contributed by atoms with Crippen LogP contribution in [0.15, 0.2) is 30.3 Å². The van der Waals surface area contributed by atoms with Crippen molar-refractivity contribution in [2.24, 2.45) is 0 Å². The van der Waals surface area contributed by atoms with Crippen molar-refractivity contribution in [1.29, 1.82) is 0 Å². The van der Waals surface area contributed by atoms with Gasteiger partial charge in [0.15, 0.2) is 0 Å². The smallest absolute Gasteiger partial charge is 0.322 e. The summed E-state index contributed by atoms with van der Waals surface area (Å²) in [4.78, 5) is 12.2. The Morgan fingerprint density at radius 2 is 1.81 bits per heavy atom. The number of benzene rings is 1. The van der Waals surface area contributed by atoms with Crippen molar-refractivity contribution in [3.05, 3.63) is 41.2 Å². The highest BCUT2D eigenvalue weighted by molar-refractivity contribution is 6.28. The van der Waals surface area contributed by atoms with Crippen molar-refractivity contribution in [2.45, 2.75) is 39.3 Å². The number of ether oxygens (including phenoxy) is 1. The van der Waals surface area contributed by atoms with Gasteiger partial charge in [-0.15, -0.1) is 0 Å². The number of halogens is 1. The first-order chi connectivity index (χ1) is 10.0. The minimum absolute atomic E-state index is 0.0157. The monoisotopic (exact) mass is 306 g/mol. The number of hydrogen-bond acceptors (Lipinski definition) is 5. The molecule has 1 atom stereocenters. The highest BCUT2D eigenvalue weighted by Crippen LogP contribution is 2.14. The van der Waals surface area contributed by atoms with Crippen LogP contribution in [-0.2, 0) is 6.42 Å². The number of nitrogens with one attached hydrogen (secondary N) is 1. The Morgan fingerprint density at radius 3 is 2.48 bits per heavy atom. The first-order valence-corrected chi connectivity index (χ1v) is 7.29. The molecule has 112 valence electrons. The van der Waals surface area contributed by atoms with Gasteiger partial charge in [-0.05, 0) is 44.4 Å². The van der Waals surface area contributed by atoms with E-state index in [9.17, 15) is 0 Å². The van der Waals surface area contributed by atoms with Gasteiger partial charge in [0.25, 0.3) is 0 Å². The highest BCUT2D eigenvalue weighted by Gasteiger charge is 2.10. The molecule has 6 heteroatoms. The standard InChI is InChI=1S/C15H19ClN4O/c1-10(2)21-15-19-13(16)18-14(20-15)17-11(3)9-12-7-5-4-6-8-12/h4-8,10-11H,9H2,1-3H3,(H,17,18,19,20). The Morgan fingerprint density at radius 1 is 1.10 bits per heavy atom. The number of rotatable bonds is 6. The van der Waals surface area contributed by atoms with Gasteiger partial charge in [0.2, 0.25) is 11.2 Å². The molecule has 1 N–H and O–H groups in total. The second-order valence-electron chi connectivity index (χ2n) is 5.11. The molecule has 2 rings (SSSR count). The molecule has 5 nitrogen and oxygen atoms in total. The largest absolute Gasteiger partial charge is 0.461 e. The van der Waals surface area contributed by atoms with Crippen molar-refractivity contribution >= 4 is 17.5 Å². The van der Waals surface area contributed by atoms with Gasteiger partial charge in [-0.1, -0.05) is 30.3 Å². The molecule has 1 aromatic heterocycles. The molecule has 1 heterocycles. The van der Waals surface area contributed by atoms with E-state index >= 15 is 0 Å². The fourth-order valence-corrected chi connectivity index (χ4v) is 2.05. The van der Waals surface area contributed by atoms with E-state index in [1.807, 2.05) is 32.0 Å². The summed E-state index contributed by atoms with van der Waals surface area (Å²) in [6.07, 6.45) is 0.850. The highest BCUT2D eigenvalue weighted by atomic mass is 35.5. The van der Waals surface area contributed by atoms with Crippen molar-refractivity contribution in [1.82, 2.24) is 15.0 Å². The lowest BCUT2D eigenvalue weighted by atomic mass is 10.1. The Hall–Kier alpha value is -1.88. The maximum absolute atomic E-state index is 5.89. The topological polar surface area (TPSA) is 59.9 Å². The van der Waals surface area contributed by atoms with E-state index in [0.717, 1.165) is 6.42 Å². The molecule has 0 amide bonds. The molecular weight excluding hydrogens is 288 g/mol. The van der Waals surface area contributed by atoms with Gasteiger partial charge in [-0.25, -0.2) is 0 Å². The van der Waals surface area contributed by atoms with Gasteiger partial charge >= 0.3 is 6.01 Å². The number of nitrogens with zero attached hydrogens (tertiary/aromatic N) is 3. The minimum atomic E-state index is -0.0157. The summed E-state index contributed by atoms with van der Waals surface area (Å²) in [5, 5.41) is 3.34. The van der Waals surface area contributed by atoms with E-state index < -0.39 is 0 Å². The Kier molecular flexibility index (Phi) is 5.33. The van der Waals surface area contributed by atoms with Crippen LogP contribution < -0.4 is 10.1 Å². The summed E-state index contributed by atoms with van der Waals surface area (Å²) in [7, 11) is 0. The fraction of sp³-hybridized carbons (Fsp3) is 0.400. The third kappa shape index (κ3) is 5.19. The maximum Gasteiger partial charge on any atom is 0.322 e. The van der Waals surface area contributed by atoms with Crippen LogP contribution >= 0.6 is 11.6 Å². The summed E-state index contributed by atoms with van der Waals surface area (Å²) >= 11 is 5.89. The quantitative estimate of drug-likeness (QED) is 0.887. The molecule has 0 aliphatic heterocycles. The lowest BCUT2D eigenvalue weighted by Gasteiger charge is -2.15. The summed E-state index contributed by atoms with van der Waals surface area (Å²) in [6, 6.07) is 10.6. The van der Waals surface area contributed by atoms with E-state index in [2.05, 4.69) is 39.3 Å². The molecule has 0 aliphatic carbocycles. The molecule has 1 aromatic carbocycles. The van der Waals surface area contributed by atoms with Gasteiger partial charge in [0.05, 0.1) is 6.10 Å². The van der Waals surface area contributed by atoms with Crippen LogP contribution in [0.2, 0.25) is 5.28 Å². The SMILES string of the molecule is CC(Cc1ccccc1)Nc1nc(Cl)nc(OC(C)C)n1. The minimum Gasteiger partial charge on any atom is -0.461 e. The summed E-state index contributed by atoms with van der Waals surface area (Å²) in [5.74, 6) is 0.425. The van der Waals surface area contributed by atoms with Crippen LogP contribution in [0.3, 0.4) is 0 Å². The third-order valence-corrected chi connectivity index (χ3v) is 2.86. The summed E-state index contributed by atoms with van der Waals surface area (Å²) < 4.78 is 5.45. The van der Waals surface area contributed by atoms with Gasteiger partial charge in [0, 0.05) is 6.04 Å². The van der Waals surface area contributed by atoms with Crippen molar-refractivity contribution < 1.29 is 4.74 Å². The van der Waals surface area contributed by atoms with Crippen LogP contribution in [0.1, 0.15) is 26.3 Å². The van der Waals surface area contributed by atoms with Crippen molar-refractivity contribution in [3.8, 4) is 6.01 Å². The van der Waals surface area contributed by atoms with Gasteiger partial charge in [-0.3, -0.25) is 0 Å². The van der Waals surface area contributed by atoms with Crippen LogP contribution in [0, 0.1) is 0 Å². The molecule has 0 radical (unpaired) electrons. The molecule has 2 aromatic rings. The van der Waals surface area contributed by atoms with Gasteiger partial charge < -0.3 is 10.1 Å². The predicted octanol–water partition coefficient (Wildman–Crippen LogP) is 3.36. The lowest BCUT2D eigenvalue weighted by molar-refractivity contribution is 0.222. The van der Waals surface area contributed by atoms with Crippen LogP contribution in [0.4, 0.5) is 5.95 Å². The van der Waals surface area contributed by atoms with Gasteiger partial charge in [0.1, 0.15) is 0 Å². The summed E-state index contributed by atoms with van der Waals surface area (Å²) in [6.45, 7) is 5.87. The number of aromatic nitrogens is 3. The Bertz CT molecular complexity index is 577. The van der Waals surface area contributed by atoms with Crippen LogP contribution in [0.5, 0.6) is 6.01 Å². The van der Waals surface area contributed by atoms with Gasteiger partial charge in [-0.2, -0.15) is 15.0 Å². The molecule has 0 aliphatic rings.